The van der Waals surface area contributed by atoms with E-state index in [4.69, 9.17) is 0 Å². The maximum Gasteiger partial charge on any atom is 0.243 e. The number of nitrogens with one attached hydrogen (secondary N) is 1. The van der Waals surface area contributed by atoms with Crippen molar-refractivity contribution in [2.75, 3.05) is 18.8 Å². The first kappa shape index (κ1) is 22.9. The van der Waals surface area contributed by atoms with E-state index < -0.39 is 10.0 Å². The second-order valence-corrected chi connectivity index (χ2v) is 11.2. The number of Topliss-reactive ketones (excluding diaryl/α,β-unsaturated/α-hetero) is 1. The van der Waals surface area contributed by atoms with Gasteiger partial charge in [-0.1, -0.05) is 12.1 Å². The molecule has 0 radical (unpaired) electrons. The van der Waals surface area contributed by atoms with Crippen LogP contribution in [0.2, 0.25) is 0 Å². The van der Waals surface area contributed by atoms with Crippen LogP contribution in [0.25, 0.3) is 0 Å². The lowest BCUT2D eigenvalue weighted by molar-refractivity contribution is -0.127. The summed E-state index contributed by atoms with van der Waals surface area (Å²) in [5.41, 5.74) is 1.16. The number of rotatable bonds is 5. The van der Waals surface area contributed by atoms with Crippen molar-refractivity contribution in [1.82, 2.24) is 9.62 Å². The highest BCUT2D eigenvalue weighted by atomic mass is 32.2. The molecule has 2 aliphatic rings. The largest absolute Gasteiger partial charge is 0.349 e. The van der Waals surface area contributed by atoms with Gasteiger partial charge in [0.2, 0.25) is 15.9 Å². The van der Waals surface area contributed by atoms with Crippen LogP contribution in [0.3, 0.4) is 0 Å². The van der Waals surface area contributed by atoms with Gasteiger partial charge in [-0.05, 0) is 62.1 Å². The number of piperidine rings is 1. The number of benzene rings is 2. The third kappa shape index (κ3) is 4.74. The van der Waals surface area contributed by atoms with Gasteiger partial charge in [-0.15, -0.1) is 11.8 Å². The molecule has 4 rings (SSSR count). The Balaban J connectivity index is 1.40. The van der Waals surface area contributed by atoms with Crippen LogP contribution >= 0.6 is 11.8 Å². The molecule has 1 N–H and O–H groups in total. The molecule has 1 fully saturated rings. The molecule has 2 aliphatic heterocycles. The van der Waals surface area contributed by atoms with Gasteiger partial charge >= 0.3 is 0 Å². The summed E-state index contributed by atoms with van der Waals surface area (Å²) < 4.78 is 41.1. The average molecular weight is 477 g/mol. The van der Waals surface area contributed by atoms with Gasteiger partial charge in [-0.25, -0.2) is 12.8 Å². The summed E-state index contributed by atoms with van der Waals surface area (Å²) in [5.74, 6) is -0.0817. The number of thioether (sulfide) groups is 1. The molecule has 32 heavy (non-hydrogen) atoms. The lowest BCUT2D eigenvalue weighted by Gasteiger charge is -2.32. The lowest BCUT2D eigenvalue weighted by atomic mass is 9.95. The molecule has 0 aliphatic carbocycles. The van der Waals surface area contributed by atoms with Crippen molar-refractivity contribution in [1.29, 1.82) is 0 Å². The molecule has 1 atom stereocenters. The Labute approximate surface area is 191 Å². The minimum absolute atomic E-state index is 0.0893. The number of carbonyl (C=O) groups is 2. The molecule has 0 bridgehead atoms. The summed E-state index contributed by atoms with van der Waals surface area (Å²) in [6.45, 7) is 1.86. The van der Waals surface area contributed by atoms with E-state index in [1.165, 1.54) is 35.5 Å². The molecule has 0 aromatic heterocycles. The second kappa shape index (κ2) is 9.33. The van der Waals surface area contributed by atoms with Crippen LogP contribution in [-0.4, -0.2) is 43.3 Å². The molecular weight excluding hydrogens is 451 g/mol. The van der Waals surface area contributed by atoms with Crippen LogP contribution in [0, 0.1) is 11.7 Å². The van der Waals surface area contributed by atoms with Crippen molar-refractivity contribution in [3.8, 4) is 0 Å². The van der Waals surface area contributed by atoms with Gasteiger partial charge in [0.1, 0.15) is 5.82 Å². The van der Waals surface area contributed by atoms with E-state index in [2.05, 4.69) is 5.32 Å². The first-order valence-corrected chi connectivity index (χ1v) is 13.0. The van der Waals surface area contributed by atoms with Crippen molar-refractivity contribution in [2.45, 2.75) is 42.0 Å². The maximum atomic E-state index is 13.7. The molecule has 1 saturated heterocycles. The van der Waals surface area contributed by atoms with Crippen molar-refractivity contribution in [2.24, 2.45) is 5.92 Å². The summed E-state index contributed by atoms with van der Waals surface area (Å²) >= 11 is 1.66. The van der Waals surface area contributed by atoms with E-state index in [1.807, 2.05) is 0 Å². The van der Waals surface area contributed by atoms with Crippen LogP contribution in [-0.2, 0) is 14.8 Å². The molecule has 0 saturated carbocycles. The standard InChI is InChI=1S/C23H25FN2O4S2/c1-15(27)17-3-2-4-19(13-17)32(29,30)26-10-7-16(8-11-26)23(28)25-21-9-12-31-22-6-5-18(24)14-20(21)22/h2-6,13-14,16,21H,7-12H2,1H3,(H,25,28)/t21-/m0/s1. The third-order valence-corrected chi connectivity index (χ3v) is 9.05. The SMILES string of the molecule is CC(=O)c1cccc(S(=O)(=O)N2CCC(C(=O)N[C@H]3CCSc4ccc(F)cc43)CC2)c1. The quantitative estimate of drug-likeness (QED) is 0.664. The number of fused-ring (bicyclic) bond motifs is 1. The molecule has 0 spiro atoms. The molecule has 2 aromatic carbocycles. The van der Waals surface area contributed by atoms with Crippen LogP contribution in [0.15, 0.2) is 52.3 Å². The Morgan fingerprint density at radius 3 is 2.56 bits per heavy atom. The van der Waals surface area contributed by atoms with E-state index >= 15 is 0 Å². The number of hydrogen-bond acceptors (Lipinski definition) is 5. The summed E-state index contributed by atoms with van der Waals surface area (Å²) in [5, 5.41) is 3.05. The molecular formula is C23H25FN2O4S2. The average Bonchev–Trinajstić information content (AvgIpc) is 2.79. The predicted octanol–water partition coefficient (Wildman–Crippen LogP) is 3.78. The fourth-order valence-electron chi connectivity index (χ4n) is 4.19. The Morgan fingerprint density at radius 1 is 1.09 bits per heavy atom. The van der Waals surface area contributed by atoms with Gasteiger partial charge in [-0.2, -0.15) is 4.31 Å². The Kier molecular flexibility index (Phi) is 6.69. The normalized spacial score (nSPS) is 19.9. The summed E-state index contributed by atoms with van der Waals surface area (Å²) in [6, 6.07) is 10.5. The first-order chi connectivity index (χ1) is 15.3. The number of sulfonamides is 1. The summed E-state index contributed by atoms with van der Waals surface area (Å²) in [6.07, 6.45) is 1.55. The Hall–Kier alpha value is -2.23. The van der Waals surface area contributed by atoms with E-state index in [1.54, 1.807) is 30.0 Å². The molecule has 2 heterocycles. The molecule has 170 valence electrons. The molecule has 0 unspecified atom stereocenters. The van der Waals surface area contributed by atoms with Gasteiger partial charge < -0.3 is 5.32 Å². The van der Waals surface area contributed by atoms with Crippen LogP contribution < -0.4 is 5.32 Å². The molecule has 1 amide bonds. The first-order valence-electron chi connectivity index (χ1n) is 10.6. The van der Waals surface area contributed by atoms with Crippen LogP contribution in [0.5, 0.6) is 0 Å². The highest BCUT2D eigenvalue weighted by Crippen LogP contribution is 2.37. The fourth-order valence-corrected chi connectivity index (χ4v) is 6.81. The smallest absolute Gasteiger partial charge is 0.243 e. The highest BCUT2D eigenvalue weighted by molar-refractivity contribution is 7.99. The Morgan fingerprint density at radius 2 is 1.84 bits per heavy atom. The Bertz CT molecular complexity index is 1140. The summed E-state index contributed by atoms with van der Waals surface area (Å²) in [4.78, 5) is 25.6. The predicted molar refractivity (Wildman–Crippen MR) is 121 cm³/mol. The van der Waals surface area contributed by atoms with E-state index in [-0.39, 0.29) is 47.5 Å². The van der Waals surface area contributed by atoms with Crippen molar-refractivity contribution >= 4 is 33.5 Å². The number of carbonyl (C=O) groups excluding carboxylic acids is 2. The van der Waals surface area contributed by atoms with Crippen molar-refractivity contribution in [3.63, 3.8) is 0 Å². The summed E-state index contributed by atoms with van der Waals surface area (Å²) in [7, 11) is -3.73. The number of ketones is 1. The zero-order chi connectivity index (χ0) is 22.9. The van der Waals surface area contributed by atoms with Gasteiger partial charge in [0.15, 0.2) is 5.78 Å². The van der Waals surface area contributed by atoms with Crippen LogP contribution in [0.1, 0.15) is 48.1 Å². The fraction of sp³-hybridized carbons (Fsp3) is 0.391. The minimum atomic E-state index is -3.73. The zero-order valence-corrected chi connectivity index (χ0v) is 19.3. The van der Waals surface area contributed by atoms with Crippen molar-refractivity contribution in [3.05, 3.63) is 59.4 Å². The minimum Gasteiger partial charge on any atom is -0.349 e. The van der Waals surface area contributed by atoms with Gasteiger partial charge in [0.25, 0.3) is 0 Å². The number of nitrogens with zero attached hydrogens (tertiary/aromatic N) is 1. The number of amides is 1. The van der Waals surface area contributed by atoms with Gasteiger partial charge in [0, 0.05) is 35.2 Å². The van der Waals surface area contributed by atoms with Crippen LogP contribution in [0.4, 0.5) is 4.39 Å². The van der Waals surface area contributed by atoms with E-state index in [9.17, 15) is 22.4 Å². The zero-order valence-electron chi connectivity index (χ0n) is 17.7. The van der Waals surface area contributed by atoms with Crippen molar-refractivity contribution < 1.29 is 22.4 Å². The van der Waals surface area contributed by atoms with Gasteiger partial charge in [-0.3, -0.25) is 9.59 Å². The van der Waals surface area contributed by atoms with E-state index in [0.29, 0.717) is 18.4 Å². The topological polar surface area (TPSA) is 83.6 Å². The van der Waals surface area contributed by atoms with E-state index in [0.717, 1.165) is 22.6 Å². The highest BCUT2D eigenvalue weighted by Gasteiger charge is 2.33. The molecule has 9 heteroatoms. The number of hydrogen-bond donors (Lipinski definition) is 1. The second-order valence-electron chi connectivity index (χ2n) is 8.14. The monoisotopic (exact) mass is 476 g/mol. The van der Waals surface area contributed by atoms with Gasteiger partial charge in [0.05, 0.1) is 10.9 Å². The lowest BCUT2D eigenvalue weighted by Crippen LogP contribution is -2.44. The molecule has 6 nitrogen and oxygen atoms in total. The maximum absolute atomic E-state index is 13.7. The third-order valence-electron chi connectivity index (χ3n) is 6.03. The molecule has 2 aromatic rings. The number of halogens is 1.